The molecule has 1 aliphatic rings. The molecule has 1 aliphatic carbocycles. The van der Waals surface area contributed by atoms with Gasteiger partial charge in [-0.2, -0.15) is 5.10 Å². The maximum atomic E-state index is 12.4. The molecule has 0 amide bonds. The predicted molar refractivity (Wildman–Crippen MR) is 78.1 cm³/mol. The van der Waals surface area contributed by atoms with Crippen LogP contribution in [0.1, 0.15) is 44.1 Å². The first-order valence-corrected chi connectivity index (χ1v) is 7.46. The molecular weight excluding hydrogens is 270 g/mol. The van der Waals surface area contributed by atoms with Crippen LogP contribution >= 0.6 is 0 Å². The lowest BCUT2D eigenvalue weighted by molar-refractivity contribution is -0.0254. The van der Waals surface area contributed by atoms with Crippen LogP contribution in [0.2, 0.25) is 0 Å². The Bertz CT molecular complexity index is 724. The average Bonchev–Trinajstić information content (AvgIpc) is 2.82. The SMILES string of the molecule is Cc1nn(CC2(O)CCC(C)CC2)c(=O)c2noc(C)c12. The Kier molecular flexibility index (Phi) is 3.36. The summed E-state index contributed by atoms with van der Waals surface area (Å²) in [5.41, 5.74) is -0.134. The number of nitrogens with zero attached hydrogens (tertiary/aromatic N) is 3. The van der Waals surface area contributed by atoms with Gasteiger partial charge >= 0.3 is 0 Å². The topological polar surface area (TPSA) is 81.1 Å². The summed E-state index contributed by atoms with van der Waals surface area (Å²) in [6.45, 7) is 6.01. The minimum absolute atomic E-state index is 0.223. The summed E-state index contributed by atoms with van der Waals surface area (Å²) in [6.07, 6.45) is 3.37. The molecule has 0 aromatic carbocycles. The van der Waals surface area contributed by atoms with Crippen LogP contribution in [0.4, 0.5) is 0 Å². The quantitative estimate of drug-likeness (QED) is 0.914. The molecule has 0 aliphatic heterocycles. The van der Waals surface area contributed by atoms with Gasteiger partial charge in [-0.1, -0.05) is 12.1 Å². The lowest BCUT2D eigenvalue weighted by Crippen LogP contribution is -2.42. The largest absolute Gasteiger partial charge is 0.388 e. The Balaban J connectivity index is 1.98. The molecule has 2 aromatic rings. The Morgan fingerprint density at radius 2 is 2.05 bits per heavy atom. The number of aromatic nitrogens is 3. The number of hydrogen-bond acceptors (Lipinski definition) is 5. The van der Waals surface area contributed by atoms with E-state index in [1.165, 1.54) is 4.68 Å². The molecule has 6 nitrogen and oxygen atoms in total. The zero-order chi connectivity index (χ0) is 15.2. The van der Waals surface area contributed by atoms with Crippen LogP contribution in [0, 0.1) is 19.8 Å². The fourth-order valence-corrected chi connectivity index (χ4v) is 3.19. The van der Waals surface area contributed by atoms with Gasteiger partial charge in [-0.05, 0) is 45.4 Å². The molecule has 1 saturated carbocycles. The first-order chi connectivity index (χ1) is 9.89. The minimum atomic E-state index is -0.845. The number of aryl methyl sites for hydroxylation is 2. The zero-order valence-corrected chi connectivity index (χ0v) is 12.7. The number of rotatable bonds is 2. The third-order valence-corrected chi connectivity index (χ3v) is 4.58. The second-order valence-corrected chi connectivity index (χ2v) is 6.42. The molecule has 0 bridgehead atoms. The van der Waals surface area contributed by atoms with Crippen molar-refractivity contribution >= 4 is 10.9 Å². The van der Waals surface area contributed by atoms with Gasteiger partial charge in [-0.3, -0.25) is 4.79 Å². The van der Waals surface area contributed by atoms with Crippen LogP contribution in [0.5, 0.6) is 0 Å². The lowest BCUT2D eigenvalue weighted by Gasteiger charge is -2.34. The van der Waals surface area contributed by atoms with Crippen LogP contribution in [0.3, 0.4) is 0 Å². The maximum absolute atomic E-state index is 12.4. The summed E-state index contributed by atoms with van der Waals surface area (Å²) in [5.74, 6) is 1.24. The molecule has 0 spiro atoms. The van der Waals surface area contributed by atoms with Gasteiger partial charge in [0.05, 0.1) is 23.2 Å². The van der Waals surface area contributed by atoms with Crippen molar-refractivity contribution in [1.82, 2.24) is 14.9 Å². The highest BCUT2D eigenvalue weighted by atomic mass is 16.5. The highest BCUT2D eigenvalue weighted by molar-refractivity contribution is 5.81. The van der Waals surface area contributed by atoms with Gasteiger partial charge in [0.1, 0.15) is 5.76 Å². The van der Waals surface area contributed by atoms with E-state index in [1.807, 2.05) is 6.92 Å². The summed E-state index contributed by atoms with van der Waals surface area (Å²) in [6, 6.07) is 0. The van der Waals surface area contributed by atoms with Crippen LogP contribution in [0.25, 0.3) is 10.9 Å². The first-order valence-electron chi connectivity index (χ1n) is 7.46. The van der Waals surface area contributed by atoms with Crippen molar-refractivity contribution in [2.45, 2.75) is 58.6 Å². The van der Waals surface area contributed by atoms with Crippen LogP contribution in [0.15, 0.2) is 9.32 Å². The van der Waals surface area contributed by atoms with Crippen molar-refractivity contribution < 1.29 is 9.63 Å². The normalized spacial score (nSPS) is 26.4. The summed E-state index contributed by atoms with van der Waals surface area (Å²) in [7, 11) is 0. The van der Waals surface area contributed by atoms with Crippen LogP contribution < -0.4 is 5.56 Å². The molecule has 0 radical (unpaired) electrons. The molecule has 0 unspecified atom stereocenters. The second kappa shape index (κ2) is 4.94. The Morgan fingerprint density at radius 3 is 2.71 bits per heavy atom. The Hall–Kier alpha value is -1.69. The van der Waals surface area contributed by atoms with E-state index < -0.39 is 5.60 Å². The van der Waals surface area contributed by atoms with E-state index in [2.05, 4.69) is 17.2 Å². The monoisotopic (exact) mass is 291 g/mol. The average molecular weight is 291 g/mol. The van der Waals surface area contributed by atoms with Crippen molar-refractivity contribution in [1.29, 1.82) is 0 Å². The lowest BCUT2D eigenvalue weighted by atomic mass is 9.79. The van der Waals surface area contributed by atoms with Crippen molar-refractivity contribution in [3.63, 3.8) is 0 Å². The van der Waals surface area contributed by atoms with Crippen molar-refractivity contribution in [3.8, 4) is 0 Å². The third kappa shape index (κ3) is 2.48. The predicted octanol–water partition coefficient (Wildman–Crippen LogP) is 1.94. The maximum Gasteiger partial charge on any atom is 0.296 e. The number of fused-ring (bicyclic) bond motifs is 1. The molecule has 0 saturated heterocycles. The molecule has 0 atom stereocenters. The highest BCUT2D eigenvalue weighted by Crippen LogP contribution is 2.32. The molecule has 3 rings (SSSR count). The minimum Gasteiger partial charge on any atom is -0.388 e. The van der Waals surface area contributed by atoms with Gasteiger partial charge in [-0.15, -0.1) is 0 Å². The standard InChI is InChI=1S/C15H21N3O3/c1-9-4-6-15(20,7-5-9)8-18-14(19)13-12(10(2)16-18)11(3)21-17-13/h9,20H,4-8H2,1-3H3. The smallest absolute Gasteiger partial charge is 0.296 e. The van der Waals surface area contributed by atoms with E-state index in [9.17, 15) is 9.90 Å². The van der Waals surface area contributed by atoms with E-state index in [-0.39, 0.29) is 12.1 Å². The van der Waals surface area contributed by atoms with E-state index in [0.29, 0.717) is 41.1 Å². The van der Waals surface area contributed by atoms with Crippen molar-refractivity contribution in [3.05, 3.63) is 21.8 Å². The van der Waals surface area contributed by atoms with E-state index in [0.717, 1.165) is 12.8 Å². The molecule has 6 heteroatoms. The number of hydrogen-bond donors (Lipinski definition) is 1. The fourth-order valence-electron chi connectivity index (χ4n) is 3.19. The van der Waals surface area contributed by atoms with Crippen molar-refractivity contribution in [2.24, 2.45) is 5.92 Å². The van der Waals surface area contributed by atoms with E-state index in [4.69, 9.17) is 4.52 Å². The third-order valence-electron chi connectivity index (χ3n) is 4.58. The highest BCUT2D eigenvalue weighted by Gasteiger charge is 2.33. The number of aliphatic hydroxyl groups is 1. The molecule has 21 heavy (non-hydrogen) atoms. The van der Waals surface area contributed by atoms with Gasteiger partial charge in [0.2, 0.25) is 0 Å². The Morgan fingerprint density at radius 1 is 1.38 bits per heavy atom. The summed E-state index contributed by atoms with van der Waals surface area (Å²) in [5, 5.41) is 19.5. The molecular formula is C15H21N3O3. The second-order valence-electron chi connectivity index (χ2n) is 6.42. The fraction of sp³-hybridized carbons (Fsp3) is 0.667. The van der Waals surface area contributed by atoms with E-state index >= 15 is 0 Å². The Labute approximate surface area is 122 Å². The molecule has 1 fully saturated rings. The van der Waals surface area contributed by atoms with Gasteiger partial charge in [0.15, 0.2) is 5.52 Å². The summed E-state index contributed by atoms with van der Waals surface area (Å²) >= 11 is 0. The summed E-state index contributed by atoms with van der Waals surface area (Å²) < 4.78 is 6.44. The first kappa shape index (κ1) is 14.3. The summed E-state index contributed by atoms with van der Waals surface area (Å²) in [4.78, 5) is 12.4. The van der Waals surface area contributed by atoms with Crippen LogP contribution in [-0.4, -0.2) is 25.6 Å². The molecule has 2 aromatic heterocycles. The van der Waals surface area contributed by atoms with Gasteiger partial charge in [-0.25, -0.2) is 4.68 Å². The zero-order valence-electron chi connectivity index (χ0n) is 12.7. The van der Waals surface area contributed by atoms with E-state index in [1.54, 1.807) is 6.92 Å². The van der Waals surface area contributed by atoms with Crippen molar-refractivity contribution in [2.75, 3.05) is 0 Å². The molecule has 2 heterocycles. The van der Waals surface area contributed by atoms with Gasteiger partial charge in [0, 0.05) is 0 Å². The van der Waals surface area contributed by atoms with Crippen LogP contribution in [-0.2, 0) is 6.54 Å². The molecule has 114 valence electrons. The van der Waals surface area contributed by atoms with Gasteiger partial charge < -0.3 is 9.63 Å². The van der Waals surface area contributed by atoms with Gasteiger partial charge in [0.25, 0.3) is 5.56 Å². The molecule has 1 N–H and O–H groups in total.